The van der Waals surface area contributed by atoms with E-state index in [1.807, 2.05) is 4.57 Å². The fraction of sp³-hybridized carbons (Fsp3) is 0.385. The summed E-state index contributed by atoms with van der Waals surface area (Å²) in [6.45, 7) is 4.21. The monoisotopic (exact) mass is 260 g/mol. The van der Waals surface area contributed by atoms with Gasteiger partial charge in [-0.15, -0.1) is 5.10 Å². The van der Waals surface area contributed by atoms with E-state index in [0.717, 1.165) is 24.7 Å². The molecule has 0 spiro atoms. The van der Waals surface area contributed by atoms with E-state index in [-0.39, 0.29) is 0 Å². The Morgan fingerprint density at radius 2 is 1.83 bits per heavy atom. The van der Waals surface area contributed by atoms with Gasteiger partial charge in [0, 0.05) is 13.1 Å². The van der Waals surface area contributed by atoms with E-state index >= 15 is 0 Å². The van der Waals surface area contributed by atoms with Crippen LogP contribution in [-0.2, 0) is 0 Å². The molecule has 1 aromatic heterocycles. The Labute approximate surface area is 111 Å². The van der Waals surface area contributed by atoms with Crippen molar-refractivity contribution in [2.75, 3.05) is 18.0 Å². The van der Waals surface area contributed by atoms with Crippen molar-refractivity contribution in [3.63, 3.8) is 0 Å². The largest absolute Gasteiger partial charge is 0.341 e. The number of anilines is 1. The van der Waals surface area contributed by atoms with Crippen molar-refractivity contribution in [1.29, 1.82) is 0 Å². The Bertz CT molecular complexity index is 590. The fourth-order valence-electron chi connectivity index (χ4n) is 2.34. The third-order valence-electron chi connectivity index (χ3n) is 3.34. The molecule has 1 aromatic carbocycles. The molecule has 18 heavy (non-hydrogen) atoms. The number of hydrogen-bond acceptors (Lipinski definition) is 3. The molecule has 0 aliphatic carbocycles. The molecule has 0 atom stereocenters. The number of nitrogens with one attached hydrogen (secondary N) is 1. The minimum absolute atomic E-state index is 0.653. The predicted octanol–water partition coefficient (Wildman–Crippen LogP) is 2.84. The molecule has 3 rings (SSSR count). The summed E-state index contributed by atoms with van der Waals surface area (Å²) in [7, 11) is 0. The summed E-state index contributed by atoms with van der Waals surface area (Å²) < 4.78 is 2.67. The minimum Gasteiger partial charge on any atom is -0.341 e. The zero-order valence-electron chi connectivity index (χ0n) is 10.4. The third kappa shape index (κ3) is 1.95. The number of rotatable bonds is 2. The molecule has 0 radical (unpaired) electrons. The van der Waals surface area contributed by atoms with Crippen LogP contribution in [0.1, 0.15) is 18.4 Å². The van der Waals surface area contributed by atoms with Gasteiger partial charge in [-0.2, -0.15) is 0 Å². The second-order valence-electron chi connectivity index (χ2n) is 4.69. The lowest BCUT2D eigenvalue weighted by Crippen LogP contribution is -2.21. The van der Waals surface area contributed by atoms with E-state index in [1.165, 1.54) is 18.4 Å². The van der Waals surface area contributed by atoms with Gasteiger partial charge in [0.05, 0.1) is 5.69 Å². The highest BCUT2D eigenvalue weighted by Gasteiger charge is 2.19. The van der Waals surface area contributed by atoms with E-state index in [0.29, 0.717) is 4.77 Å². The average molecular weight is 260 g/mol. The van der Waals surface area contributed by atoms with Crippen LogP contribution in [0.5, 0.6) is 0 Å². The lowest BCUT2D eigenvalue weighted by atomic mass is 10.2. The number of nitrogens with zero attached hydrogens (tertiary/aromatic N) is 3. The van der Waals surface area contributed by atoms with Crippen LogP contribution in [0.25, 0.3) is 5.69 Å². The highest BCUT2D eigenvalue weighted by atomic mass is 32.1. The standard InChI is InChI=1S/C13H16N4S/c1-10-4-6-11(7-5-10)17-12(14-15-13(17)18)16-8-2-3-9-16/h4-7H,2-3,8-9H2,1H3,(H,15,18). The van der Waals surface area contributed by atoms with Gasteiger partial charge in [-0.05, 0) is 44.1 Å². The quantitative estimate of drug-likeness (QED) is 0.844. The van der Waals surface area contributed by atoms with Gasteiger partial charge in [-0.3, -0.25) is 4.57 Å². The highest BCUT2D eigenvalue weighted by Crippen LogP contribution is 2.22. The highest BCUT2D eigenvalue weighted by molar-refractivity contribution is 7.71. The van der Waals surface area contributed by atoms with Crippen molar-refractivity contribution >= 4 is 18.2 Å². The Hall–Kier alpha value is -1.62. The van der Waals surface area contributed by atoms with Crippen molar-refractivity contribution in [2.45, 2.75) is 19.8 Å². The lowest BCUT2D eigenvalue weighted by Gasteiger charge is -2.17. The molecule has 0 bridgehead atoms. The van der Waals surface area contributed by atoms with Gasteiger partial charge in [0.25, 0.3) is 0 Å². The Balaban J connectivity index is 2.07. The SMILES string of the molecule is Cc1ccc(-n2c(N3CCCC3)n[nH]c2=S)cc1. The third-order valence-corrected chi connectivity index (χ3v) is 3.61. The van der Waals surface area contributed by atoms with Crippen LogP contribution in [0.2, 0.25) is 0 Å². The summed E-state index contributed by atoms with van der Waals surface area (Å²) in [5, 5.41) is 7.27. The molecule has 1 aliphatic heterocycles. The molecule has 1 aliphatic rings. The minimum atomic E-state index is 0.653. The Morgan fingerprint density at radius 3 is 2.50 bits per heavy atom. The van der Waals surface area contributed by atoms with Gasteiger partial charge >= 0.3 is 0 Å². The predicted molar refractivity (Wildman–Crippen MR) is 74.9 cm³/mol. The summed E-state index contributed by atoms with van der Waals surface area (Å²) in [5.74, 6) is 0.932. The smallest absolute Gasteiger partial charge is 0.230 e. The summed E-state index contributed by atoms with van der Waals surface area (Å²) in [5.41, 5.74) is 2.32. The Morgan fingerprint density at radius 1 is 1.17 bits per heavy atom. The van der Waals surface area contributed by atoms with E-state index < -0.39 is 0 Å². The summed E-state index contributed by atoms with van der Waals surface area (Å²) in [6, 6.07) is 8.36. The first-order valence-electron chi connectivity index (χ1n) is 6.25. The number of benzene rings is 1. The Kier molecular flexibility index (Phi) is 2.91. The van der Waals surface area contributed by atoms with Gasteiger partial charge in [0.15, 0.2) is 0 Å². The van der Waals surface area contributed by atoms with E-state index in [1.54, 1.807) is 0 Å². The van der Waals surface area contributed by atoms with E-state index in [9.17, 15) is 0 Å². The van der Waals surface area contributed by atoms with Crippen molar-refractivity contribution in [3.8, 4) is 5.69 Å². The first-order chi connectivity index (χ1) is 8.75. The summed E-state index contributed by atoms with van der Waals surface area (Å²) in [6.07, 6.45) is 2.46. The van der Waals surface area contributed by atoms with Crippen LogP contribution < -0.4 is 4.90 Å². The molecule has 4 nitrogen and oxygen atoms in total. The van der Waals surface area contributed by atoms with Crippen LogP contribution >= 0.6 is 12.2 Å². The molecule has 5 heteroatoms. The molecule has 2 aromatic rings. The number of aryl methyl sites for hydroxylation is 1. The zero-order valence-corrected chi connectivity index (χ0v) is 11.2. The summed E-state index contributed by atoms with van der Waals surface area (Å²) in [4.78, 5) is 2.28. The molecule has 1 fully saturated rings. The van der Waals surface area contributed by atoms with Crippen molar-refractivity contribution in [1.82, 2.24) is 14.8 Å². The van der Waals surface area contributed by atoms with Crippen molar-refractivity contribution in [2.24, 2.45) is 0 Å². The number of aromatic nitrogens is 3. The fourth-order valence-corrected chi connectivity index (χ4v) is 2.58. The first-order valence-corrected chi connectivity index (χ1v) is 6.66. The zero-order chi connectivity index (χ0) is 12.5. The number of aromatic amines is 1. The molecular weight excluding hydrogens is 244 g/mol. The molecule has 0 unspecified atom stereocenters. The van der Waals surface area contributed by atoms with Crippen LogP contribution in [0, 0.1) is 11.7 Å². The molecule has 0 saturated carbocycles. The molecular formula is C13H16N4S. The maximum absolute atomic E-state index is 5.34. The molecule has 94 valence electrons. The average Bonchev–Trinajstić information content (AvgIpc) is 2.99. The van der Waals surface area contributed by atoms with Gasteiger partial charge in [0.2, 0.25) is 10.7 Å². The normalized spacial score (nSPS) is 15.3. The first kappa shape index (κ1) is 11.5. The maximum Gasteiger partial charge on any atom is 0.230 e. The second-order valence-corrected chi connectivity index (χ2v) is 5.08. The van der Waals surface area contributed by atoms with Crippen LogP contribution in [0.15, 0.2) is 24.3 Å². The molecule has 0 amide bonds. The maximum atomic E-state index is 5.34. The van der Waals surface area contributed by atoms with Crippen LogP contribution in [0.4, 0.5) is 5.95 Å². The van der Waals surface area contributed by atoms with E-state index in [4.69, 9.17) is 12.2 Å². The molecule has 1 saturated heterocycles. The van der Waals surface area contributed by atoms with Crippen LogP contribution in [0.3, 0.4) is 0 Å². The van der Waals surface area contributed by atoms with E-state index in [2.05, 4.69) is 46.3 Å². The van der Waals surface area contributed by atoms with Gasteiger partial charge in [0.1, 0.15) is 0 Å². The number of hydrogen-bond donors (Lipinski definition) is 1. The molecule has 1 N–H and O–H groups in total. The van der Waals surface area contributed by atoms with Crippen molar-refractivity contribution in [3.05, 3.63) is 34.6 Å². The van der Waals surface area contributed by atoms with Gasteiger partial charge in [-0.1, -0.05) is 17.7 Å². The second kappa shape index (κ2) is 4.57. The van der Waals surface area contributed by atoms with Gasteiger partial charge < -0.3 is 4.90 Å². The summed E-state index contributed by atoms with van der Waals surface area (Å²) >= 11 is 5.34. The number of H-pyrrole nitrogens is 1. The lowest BCUT2D eigenvalue weighted by molar-refractivity contribution is 0.869. The molecule has 2 heterocycles. The van der Waals surface area contributed by atoms with Crippen molar-refractivity contribution < 1.29 is 0 Å². The topological polar surface area (TPSA) is 36.9 Å². The van der Waals surface area contributed by atoms with Crippen LogP contribution in [-0.4, -0.2) is 27.9 Å². The van der Waals surface area contributed by atoms with Gasteiger partial charge in [-0.25, -0.2) is 5.10 Å².